The smallest absolute Gasteiger partial charge is 0.384 e. The Bertz CT molecular complexity index is 762. The molecule has 2 heterocycles. The van der Waals surface area contributed by atoms with E-state index in [0.29, 0.717) is 11.3 Å². The Labute approximate surface area is 111 Å². The number of aromatic nitrogens is 3. The Balaban J connectivity index is 2.27. The number of anilines is 1. The normalized spacial score (nSPS) is 11.9. The van der Waals surface area contributed by atoms with E-state index in [1.165, 1.54) is 6.07 Å². The molecule has 3 rings (SSSR count). The van der Waals surface area contributed by atoms with E-state index in [1.807, 2.05) is 6.07 Å². The lowest BCUT2D eigenvalue weighted by Crippen LogP contribution is -2.07. The molecule has 1 aromatic carbocycles. The molecule has 3 aromatic rings. The standard InChI is InChI=1S/C13H9F3N4/c14-13(15,16)9-7-18-20-11(17)6-10(19-12(9)20)8-4-2-1-3-5-8/h1-7H,17H2. The van der Waals surface area contributed by atoms with E-state index in [2.05, 4.69) is 10.1 Å². The summed E-state index contributed by atoms with van der Waals surface area (Å²) in [6, 6.07) is 10.4. The van der Waals surface area contributed by atoms with Gasteiger partial charge in [-0.15, -0.1) is 0 Å². The SMILES string of the molecule is Nc1cc(-c2ccccc2)nc2c(C(F)(F)F)cnn12. The topological polar surface area (TPSA) is 56.2 Å². The summed E-state index contributed by atoms with van der Waals surface area (Å²) < 4.78 is 39.6. The molecule has 7 heteroatoms. The fraction of sp³-hybridized carbons (Fsp3) is 0.0769. The molecule has 0 aliphatic rings. The van der Waals surface area contributed by atoms with Crippen LogP contribution in [-0.4, -0.2) is 14.6 Å². The predicted octanol–water partition coefficient (Wildman–Crippen LogP) is 3.00. The first-order valence-electron chi connectivity index (χ1n) is 5.73. The first kappa shape index (κ1) is 12.5. The molecule has 0 amide bonds. The Morgan fingerprint density at radius 2 is 1.80 bits per heavy atom. The van der Waals surface area contributed by atoms with Gasteiger partial charge in [-0.1, -0.05) is 30.3 Å². The quantitative estimate of drug-likeness (QED) is 0.744. The fourth-order valence-electron chi connectivity index (χ4n) is 1.94. The van der Waals surface area contributed by atoms with Gasteiger partial charge in [-0.25, -0.2) is 4.98 Å². The molecule has 0 aliphatic carbocycles. The molecule has 20 heavy (non-hydrogen) atoms. The van der Waals surface area contributed by atoms with Crippen LogP contribution in [-0.2, 0) is 6.18 Å². The highest BCUT2D eigenvalue weighted by Crippen LogP contribution is 2.33. The van der Waals surface area contributed by atoms with E-state index in [9.17, 15) is 13.2 Å². The number of nitrogens with two attached hydrogens (primary N) is 1. The summed E-state index contributed by atoms with van der Waals surface area (Å²) in [4.78, 5) is 4.03. The van der Waals surface area contributed by atoms with Gasteiger partial charge in [0.2, 0.25) is 0 Å². The Hall–Kier alpha value is -2.57. The Morgan fingerprint density at radius 3 is 2.45 bits per heavy atom. The third-order valence-electron chi connectivity index (χ3n) is 2.87. The molecular weight excluding hydrogens is 269 g/mol. The number of fused-ring (bicyclic) bond motifs is 1. The third-order valence-corrected chi connectivity index (χ3v) is 2.87. The number of rotatable bonds is 1. The zero-order chi connectivity index (χ0) is 14.3. The van der Waals surface area contributed by atoms with Crippen molar-refractivity contribution < 1.29 is 13.2 Å². The van der Waals surface area contributed by atoms with Crippen molar-refractivity contribution in [2.24, 2.45) is 0 Å². The predicted molar refractivity (Wildman–Crippen MR) is 67.8 cm³/mol. The minimum Gasteiger partial charge on any atom is -0.384 e. The van der Waals surface area contributed by atoms with Gasteiger partial charge in [0.05, 0.1) is 11.9 Å². The van der Waals surface area contributed by atoms with Crippen LogP contribution < -0.4 is 5.73 Å². The summed E-state index contributed by atoms with van der Waals surface area (Å²) in [6.45, 7) is 0. The minimum atomic E-state index is -4.52. The first-order chi connectivity index (χ1) is 9.47. The van der Waals surface area contributed by atoms with Gasteiger partial charge in [0.1, 0.15) is 11.4 Å². The van der Waals surface area contributed by atoms with Crippen molar-refractivity contribution in [1.29, 1.82) is 0 Å². The third kappa shape index (κ3) is 1.97. The molecule has 0 aliphatic heterocycles. The largest absolute Gasteiger partial charge is 0.421 e. The molecule has 102 valence electrons. The first-order valence-corrected chi connectivity index (χ1v) is 5.73. The maximum atomic E-state index is 12.9. The van der Waals surface area contributed by atoms with Crippen LogP contribution in [0.1, 0.15) is 5.56 Å². The van der Waals surface area contributed by atoms with Gasteiger partial charge in [0, 0.05) is 11.6 Å². The summed E-state index contributed by atoms with van der Waals surface area (Å²) in [5, 5.41) is 3.63. The van der Waals surface area contributed by atoms with Crippen LogP contribution in [0.25, 0.3) is 16.9 Å². The summed E-state index contributed by atoms with van der Waals surface area (Å²) in [5.74, 6) is 0.101. The lowest BCUT2D eigenvalue weighted by Gasteiger charge is -2.07. The summed E-state index contributed by atoms with van der Waals surface area (Å²) in [7, 11) is 0. The van der Waals surface area contributed by atoms with Gasteiger partial charge in [-0.3, -0.25) is 0 Å². The molecule has 0 saturated heterocycles. The van der Waals surface area contributed by atoms with E-state index >= 15 is 0 Å². The average molecular weight is 278 g/mol. The van der Waals surface area contributed by atoms with Crippen LogP contribution in [0, 0.1) is 0 Å². The van der Waals surface area contributed by atoms with Gasteiger partial charge in [0.25, 0.3) is 0 Å². The monoisotopic (exact) mass is 278 g/mol. The van der Waals surface area contributed by atoms with Crippen LogP contribution in [0.3, 0.4) is 0 Å². The van der Waals surface area contributed by atoms with Gasteiger partial charge in [0.15, 0.2) is 5.65 Å². The van der Waals surface area contributed by atoms with Crippen molar-refractivity contribution in [3.05, 3.63) is 48.2 Å². The lowest BCUT2D eigenvalue weighted by molar-refractivity contribution is -0.136. The van der Waals surface area contributed by atoms with Crippen molar-refractivity contribution in [2.75, 3.05) is 5.73 Å². The molecule has 4 nitrogen and oxygen atoms in total. The van der Waals surface area contributed by atoms with Gasteiger partial charge >= 0.3 is 6.18 Å². The van der Waals surface area contributed by atoms with Gasteiger partial charge in [-0.2, -0.15) is 22.8 Å². The number of halogens is 3. The molecule has 0 fully saturated rings. The second-order valence-corrected chi connectivity index (χ2v) is 4.22. The number of nitrogen functional groups attached to an aromatic ring is 1. The molecule has 0 unspecified atom stereocenters. The van der Waals surface area contributed by atoms with Crippen LogP contribution in [0.5, 0.6) is 0 Å². The lowest BCUT2D eigenvalue weighted by atomic mass is 10.1. The van der Waals surface area contributed by atoms with E-state index < -0.39 is 11.7 Å². The minimum absolute atomic E-state index is 0.101. The van der Waals surface area contributed by atoms with Crippen molar-refractivity contribution >= 4 is 11.5 Å². The second kappa shape index (κ2) is 4.22. The van der Waals surface area contributed by atoms with Crippen molar-refractivity contribution in [3.8, 4) is 11.3 Å². The van der Waals surface area contributed by atoms with Crippen molar-refractivity contribution in [1.82, 2.24) is 14.6 Å². The molecular formula is C13H9F3N4. The zero-order valence-corrected chi connectivity index (χ0v) is 10.1. The fourth-order valence-corrected chi connectivity index (χ4v) is 1.94. The molecule has 2 aromatic heterocycles. The van der Waals surface area contributed by atoms with Crippen LogP contribution in [0.15, 0.2) is 42.6 Å². The average Bonchev–Trinajstić information content (AvgIpc) is 2.84. The van der Waals surface area contributed by atoms with Crippen molar-refractivity contribution in [3.63, 3.8) is 0 Å². The number of hydrogen-bond donors (Lipinski definition) is 1. The summed E-state index contributed by atoms with van der Waals surface area (Å²) in [6.07, 6.45) is -3.79. The van der Waals surface area contributed by atoms with E-state index in [4.69, 9.17) is 5.73 Å². The molecule has 0 bridgehead atoms. The highest BCUT2D eigenvalue weighted by Gasteiger charge is 2.35. The van der Waals surface area contributed by atoms with Crippen molar-refractivity contribution in [2.45, 2.75) is 6.18 Å². The maximum Gasteiger partial charge on any atom is 0.421 e. The summed E-state index contributed by atoms with van der Waals surface area (Å²) in [5.41, 5.74) is 5.62. The Morgan fingerprint density at radius 1 is 1.10 bits per heavy atom. The number of hydrogen-bond acceptors (Lipinski definition) is 3. The molecule has 0 radical (unpaired) electrons. The summed E-state index contributed by atoms with van der Waals surface area (Å²) >= 11 is 0. The van der Waals surface area contributed by atoms with E-state index in [0.717, 1.165) is 10.7 Å². The highest BCUT2D eigenvalue weighted by atomic mass is 19.4. The molecule has 0 atom stereocenters. The molecule has 0 spiro atoms. The number of benzene rings is 1. The second-order valence-electron chi connectivity index (χ2n) is 4.22. The Kier molecular flexibility index (Phi) is 2.63. The van der Waals surface area contributed by atoms with E-state index in [-0.39, 0.29) is 11.5 Å². The van der Waals surface area contributed by atoms with Gasteiger partial charge < -0.3 is 5.73 Å². The van der Waals surface area contributed by atoms with E-state index in [1.54, 1.807) is 24.3 Å². The van der Waals surface area contributed by atoms with Crippen LogP contribution in [0.2, 0.25) is 0 Å². The number of alkyl halides is 3. The highest BCUT2D eigenvalue weighted by molar-refractivity contribution is 5.67. The molecule has 0 saturated carbocycles. The van der Waals surface area contributed by atoms with Gasteiger partial charge in [-0.05, 0) is 0 Å². The van der Waals surface area contributed by atoms with Crippen LogP contribution >= 0.6 is 0 Å². The molecule has 2 N–H and O–H groups in total. The maximum absolute atomic E-state index is 12.9. The zero-order valence-electron chi connectivity index (χ0n) is 10.1. The van der Waals surface area contributed by atoms with Crippen LogP contribution in [0.4, 0.5) is 19.0 Å². The number of nitrogens with zero attached hydrogens (tertiary/aromatic N) is 3.